The first-order valence-electron chi connectivity index (χ1n) is 4.51. The van der Waals surface area contributed by atoms with Gasteiger partial charge in [0, 0.05) is 12.0 Å². The topological polar surface area (TPSA) is 43.1 Å². The minimum atomic E-state index is -0.212. The van der Waals surface area contributed by atoms with Crippen molar-refractivity contribution in [3.05, 3.63) is 12.2 Å². The lowest BCUT2D eigenvalue weighted by atomic mass is 9.90. The molecule has 2 heteroatoms. The van der Waals surface area contributed by atoms with Crippen molar-refractivity contribution in [1.29, 1.82) is 0 Å². The largest absolute Gasteiger partial charge is 0.325 e. The summed E-state index contributed by atoms with van der Waals surface area (Å²) < 4.78 is 0. The molecule has 0 aliphatic heterocycles. The highest BCUT2D eigenvalue weighted by molar-refractivity contribution is 5.94. The van der Waals surface area contributed by atoms with Gasteiger partial charge in [-0.25, -0.2) is 0 Å². The number of allylic oxidation sites excluding steroid dienone is 1. The molecule has 1 rings (SSSR count). The molecule has 0 aromatic heterocycles. The molecule has 0 saturated heterocycles. The molecule has 0 heterocycles. The summed E-state index contributed by atoms with van der Waals surface area (Å²) in [5, 5.41) is 0. The van der Waals surface area contributed by atoms with Gasteiger partial charge < -0.3 is 5.73 Å². The number of hydrogen-bond donors (Lipinski definition) is 1. The Balaban J connectivity index is 2.49. The lowest BCUT2D eigenvalue weighted by Crippen LogP contribution is -2.38. The summed E-state index contributed by atoms with van der Waals surface area (Å²) in [6, 6.07) is 0. The van der Waals surface area contributed by atoms with Gasteiger partial charge in [-0.3, -0.25) is 4.79 Å². The quantitative estimate of drug-likeness (QED) is 0.651. The molecular formula is C10H17NO. The molecular weight excluding hydrogens is 150 g/mol. The fraction of sp³-hybridized carbons (Fsp3) is 0.700. The summed E-state index contributed by atoms with van der Waals surface area (Å²) >= 11 is 0. The van der Waals surface area contributed by atoms with E-state index in [1.54, 1.807) is 6.92 Å². The van der Waals surface area contributed by atoms with Gasteiger partial charge in [-0.05, 0) is 25.3 Å². The number of carbonyl (C=O) groups excluding carboxylic acids is 1. The van der Waals surface area contributed by atoms with Crippen LogP contribution >= 0.6 is 0 Å². The summed E-state index contributed by atoms with van der Waals surface area (Å²) in [6.45, 7) is 5.37. The predicted molar refractivity (Wildman–Crippen MR) is 49.8 cm³/mol. The summed E-state index contributed by atoms with van der Waals surface area (Å²) in [7, 11) is 0. The van der Waals surface area contributed by atoms with E-state index in [0.717, 1.165) is 12.8 Å². The van der Waals surface area contributed by atoms with Crippen molar-refractivity contribution in [2.45, 2.75) is 44.6 Å². The van der Waals surface area contributed by atoms with Crippen molar-refractivity contribution >= 4 is 5.78 Å². The highest BCUT2D eigenvalue weighted by atomic mass is 16.1. The SMILES string of the molecule is C=C(C)C(=O)CC1(N)CCCC1. The van der Waals surface area contributed by atoms with Gasteiger partial charge >= 0.3 is 0 Å². The van der Waals surface area contributed by atoms with E-state index in [9.17, 15) is 4.79 Å². The second-order valence-electron chi connectivity index (χ2n) is 3.95. The Morgan fingerprint density at radius 1 is 1.50 bits per heavy atom. The Morgan fingerprint density at radius 2 is 2.00 bits per heavy atom. The monoisotopic (exact) mass is 167 g/mol. The van der Waals surface area contributed by atoms with Crippen LogP contribution < -0.4 is 5.73 Å². The molecule has 0 atom stereocenters. The third kappa shape index (κ3) is 2.18. The fourth-order valence-corrected chi connectivity index (χ4v) is 1.73. The van der Waals surface area contributed by atoms with Crippen LogP contribution in [0, 0.1) is 0 Å². The first-order valence-corrected chi connectivity index (χ1v) is 4.51. The molecule has 0 aromatic rings. The third-order valence-electron chi connectivity index (χ3n) is 2.59. The lowest BCUT2D eigenvalue weighted by Gasteiger charge is -2.22. The van der Waals surface area contributed by atoms with Gasteiger partial charge in [-0.15, -0.1) is 0 Å². The molecule has 1 fully saturated rings. The van der Waals surface area contributed by atoms with Crippen LogP contribution in [-0.4, -0.2) is 11.3 Å². The van der Waals surface area contributed by atoms with Crippen molar-refractivity contribution in [1.82, 2.24) is 0 Å². The van der Waals surface area contributed by atoms with Crippen molar-refractivity contribution in [3.63, 3.8) is 0 Å². The van der Waals surface area contributed by atoms with Crippen LogP contribution in [0.15, 0.2) is 12.2 Å². The summed E-state index contributed by atoms with van der Waals surface area (Å²) in [4.78, 5) is 11.3. The average Bonchev–Trinajstić information content (AvgIpc) is 2.35. The first-order chi connectivity index (χ1) is 5.53. The molecule has 0 amide bonds. The molecule has 2 N–H and O–H groups in total. The second kappa shape index (κ2) is 3.40. The molecule has 0 aromatic carbocycles. The van der Waals surface area contributed by atoms with Gasteiger partial charge in [0.25, 0.3) is 0 Å². The lowest BCUT2D eigenvalue weighted by molar-refractivity contribution is -0.116. The van der Waals surface area contributed by atoms with Crippen molar-refractivity contribution < 1.29 is 4.79 Å². The molecule has 68 valence electrons. The molecule has 0 spiro atoms. The van der Waals surface area contributed by atoms with E-state index in [0.29, 0.717) is 12.0 Å². The molecule has 0 radical (unpaired) electrons. The first kappa shape index (κ1) is 9.46. The Hall–Kier alpha value is -0.630. The van der Waals surface area contributed by atoms with Crippen molar-refractivity contribution in [3.8, 4) is 0 Å². The van der Waals surface area contributed by atoms with Gasteiger partial charge in [0.05, 0.1) is 0 Å². The fourth-order valence-electron chi connectivity index (χ4n) is 1.73. The Labute approximate surface area is 73.8 Å². The zero-order valence-corrected chi connectivity index (χ0v) is 7.73. The summed E-state index contributed by atoms with van der Waals surface area (Å²) in [6.07, 6.45) is 4.81. The number of nitrogens with two attached hydrogens (primary N) is 1. The van der Waals surface area contributed by atoms with Crippen LogP contribution in [0.25, 0.3) is 0 Å². The smallest absolute Gasteiger partial charge is 0.159 e. The molecule has 12 heavy (non-hydrogen) atoms. The zero-order valence-electron chi connectivity index (χ0n) is 7.73. The van der Waals surface area contributed by atoms with Crippen LogP contribution in [0.5, 0.6) is 0 Å². The Morgan fingerprint density at radius 3 is 2.42 bits per heavy atom. The van der Waals surface area contributed by atoms with Crippen molar-refractivity contribution in [2.24, 2.45) is 5.73 Å². The van der Waals surface area contributed by atoms with Gasteiger partial charge in [0.15, 0.2) is 5.78 Å². The minimum Gasteiger partial charge on any atom is -0.325 e. The average molecular weight is 167 g/mol. The maximum Gasteiger partial charge on any atom is 0.159 e. The second-order valence-corrected chi connectivity index (χ2v) is 3.95. The van der Waals surface area contributed by atoms with E-state index < -0.39 is 0 Å². The van der Waals surface area contributed by atoms with Gasteiger partial charge in [-0.2, -0.15) is 0 Å². The Bertz CT molecular complexity index is 202. The van der Waals surface area contributed by atoms with E-state index >= 15 is 0 Å². The van der Waals surface area contributed by atoms with Crippen molar-refractivity contribution in [2.75, 3.05) is 0 Å². The molecule has 1 saturated carbocycles. The maximum absolute atomic E-state index is 11.3. The molecule has 0 bridgehead atoms. The van der Waals surface area contributed by atoms with Crippen LogP contribution in [0.4, 0.5) is 0 Å². The third-order valence-corrected chi connectivity index (χ3v) is 2.59. The number of hydrogen-bond acceptors (Lipinski definition) is 2. The van der Waals surface area contributed by atoms with Crippen LogP contribution in [0.1, 0.15) is 39.0 Å². The van der Waals surface area contributed by atoms with Gasteiger partial charge in [-0.1, -0.05) is 19.4 Å². The van der Waals surface area contributed by atoms with E-state index in [2.05, 4.69) is 6.58 Å². The van der Waals surface area contributed by atoms with E-state index in [1.807, 2.05) is 0 Å². The number of carbonyl (C=O) groups is 1. The number of rotatable bonds is 3. The summed E-state index contributed by atoms with van der Waals surface area (Å²) in [5.41, 5.74) is 6.45. The normalized spacial score (nSPS) is 20.8. The zero-order chi connectivity index (χ0) is 9.19. The number of ketones is 1. The van der Waals surface area contributed by atoms with Crippen LogP contribution in [-0.2, 0) is 4.79 Å². The highest BCUT2D eigenvalue weighted by Crippen LogP contribution is 2.30. The predicted octanol–water partition coefficient (Wildman–Crippen LogP) is 1.79. The number of Topliss-reactive ketones (excluding diaryl/α,β-unsaturated/α-hetero) is 1. The van der Waals surface area contributed by atoms with Gasteiger partial charge in [0.2, 0.25) is 0 Å². The molecule has 0 unspecified atom stereocenters. The molecule has 1 aliphatic carbocycles. The van der Waals surface area contributed by atoms with Crippen LogP contribution in [0.3, 0.4) is 0 Å². The Kier molecular flexibility index (Phi) is 2.68. The van der Waals surface area contributed by atoms with E-state index in [-0.39, 0.29) is 11.3 Å². The molecule has 1 aliphatic rings. The minimum absolute atomic E-state index is 0.124. The van der Waals surface area contributed by atoms with Gasteiger partial charge in [0.1, 0.15) is 0 Å². The highest BCUT2D eigenvalue weighted by Gasteiger charge is 2.31. The summed E-state index contributed by atoms with van der Waals surface area (Å²) in [5.74, 6) is 0.124. The maximum atomic E-state index is 11.3. The standard InChI is InChI=1S/C10H17NO/c1-8(2)9(12)7-10(11)5-3-4-6-10/h1,3-7,11H2,2H3. The van der Waals surface area contributed by atoms with E-state index in [1.165, 1.54) is 12.8 Å². The van der Waals surface area contributed by atoms with E-state index in [4.69, 9.17) is 5.73 Å². The molecule has 2 nitrogen and oxygen atoms in total. The van der Waals surface area contributed by atoms with Crippen LogP contribution in [0.2, 0.25) is 0 Å².